The average Bonchev–Trinajstić information content (AvgIpc) is 2.50. The summed E-state index contributed by atoms with van der Waals surface area (Å²) in [4.78, 5) is 12.5. The fourth-order valence-corrected chi connectivity index (χ4v) is 8.46. The Balaban J connectivity index is 5.44. The molecule has 0 aliphatic heterocycles. The van der Waals surface area contributed by atoms with E-state index < -0.39 is 8.45 Å². The summed E-state index contributed by atoms with van der Waals surface area (Å²) in [5, 5.41) is 0.260. The smallest absolute Gasteiger partial charge is 0.194 e. The predicted octanol–water partition coefficient (Wildman–Crippen LogP) is 8.06. The van der Waals surface area contributed by atoms with Gasteiger partial charge in [0.1, 0.15) is 0 Å². The van der Waals surface area contributed by atoms with Crippen LogP contribution < -0.4 is 0 Å². The van der Waals surface area contributed by atoms with Gasteiger partial charge in [-0.3, -0.25) is 4.79 Å². The summed E-state index contributed by atoms with van der Waals surface area (Å²) in [5.74, 6) is 1.81. The van der Waals surface area contributed by atoms with Crippen LogP contribution in [-0.4, -0.2) is 60.5 Å². The summed E-state index contributed by atoms with van der Waals surface area (Å²) in [6, 6.07) is 1.62. The van der Waals surface area contributed by atoms with Gasteiger partial charge in [0.05, 0.1) is 5.60 Å². The normalized spacial score (nSPS) is 14.3. The first-order valence-corrected chi connectivity index (χ1v) is 15.2. The minimum atomic E-state index is -0.913. The first-order chi connectivity index (χ1) is 14.2. The molecule has 0 unspecified atom stereocenters. The molecule has 0 aromatic rings. The highest BCUT2D eigenvalue weighted by Crippen LogP contribution is 2.53. The van der Waals surface area contributed by atoms with Crippen molar-refractivity contribution in [1.82, 2.24) is 9.34 Å². The molecule has 0 saturated carbocycles. The van der Waals surface area contributed by atoms with E-state index in [4.69, 9.17) is 4.52 Å². The molecular formula is C25H53N2O2PS2. The van der Waals surface area contributed by atoms with Crippen LogP contribution in [0.5, 0.6) is 0 Å². The van der Waals surface area contributed by atoms with Gasteiger partial charge in [0.2, 0.25) is 0 Å². The van der Waals surface area contributed by atoms with Crippen LogP contribution in [0.1, 0.15) is 104 Å². The van der Waals surface area contributed by atoms with Gasteiger partial charge in [0.15, 0.2) is 13.6 Å². The van der Waals surface area contributed by atoms with Crippen molar-refractivity contribution in [3.8, 4) is 0 Å². The molecule has 7 heteroatoms. The highest BCUT2D eigenvalue weighted by Gasteiger charge is 2.39. The predicted molar refractivity (Wildman–Crippen MR) is 150 cm³/mol. The molecule has 0 fully saturated rings. The van der Waals surface area contributed by atoms with E-state index in [0.717, 1.165) is 11.5 Å². The zero-order valence-electron chi connectivity index (χ0n) is 23.7. The van der Waals surface area contributed by atoms with Crippen LogP contribution in [0, 0.1) is 5.41 Å². The van der Waals surface area contributed by atoms with Gasteiger partial charge in [-0.05, 0) is 83.1 Å². The van der Waals surface area contributed by atoms with Crippen molar-refractivity contribution in [3.63, 3.8) is 0 Å². The molecule has 0 aromatic carbocycles. The SMILES string of the molecule is CC(C)N(C(C)C)P(OC(C)(C)CSCC(C)(C)SC(=O)C(C)(C)C)N(C(C)C)C(C)C. The lowest BCUT2D eigenvalue weighted by atomic mass is 9.99. The van der Waals surface area contributed by atoms with Crippen molar-refractivity contribution in [2.45, 2.75) is 138 Å². The van der Waals surface area contributed by atoms with Gasteiger partial charge in [-0.1, -0.05) is 32.5 Å². The molecule has 0 amide bonds. The summed E-state index contributed by atoms with van der Waals surface area (Å²) in [5.41, 5.74) is -0.575. The van der Waals surface area contributed by atoms with Crippen molar-refractivity contribution < 1.29 is 9.32 Å². The van der Waals surface area contributed by atoms with Crippen LogP contribution >= 0.6 is 32.0 Å². The van der Waals surface area contributed by atoms with Crippen LogP contribution in [-0.2, 0) is 9.32 Å². The van der Waals surface area contributed by atoms with E-state index in [2.05, 4.69) is 92.4 Å². The Morgan fingerprint density at radius 2 is 1.12 bits per heavy atom. The first-order valence-electron chi connectivity index (χ1n) is 12.1. The number of carbonyl (C=O) groups excluding carboxylic acids is 1. The van der Waals surface area contributed by atoms with Gasteiger partial charge in [-0.2, -0.15) is 11.8 Å². The largest absolute Gasteiger partial charge is 0.324 e. The van der Waals surface area contributed by atoms with Crippen molar-refractivity contribution >= 4 is 37.1 Å². The fourth-order valence-electron chi connectivity index (χ4n) is 3.42. The summed E-state index contributed by atoms with van der Waals surface area (Å²) >= 11 is 3.38. The van der Waals surface area contributed by atoms with E-state index in [0.29, 0.717) is 24.2 Å². The Hall–Kier alpha value is 0.680. The lowest BCUT2D eigenvalue weighted by Gasteiger charge is -2.48. The van der Waals surface area contributed by atoms with Gasteiger partial charge in [-0.25, -0.2) is 9.34 Å². The second-order valence-corrected chi connectivity index (χ2v) is 16.4. The zero-order chi connectivity index (χ0) is 25.7. The van der Waals surface area contributed by atoms with Crippen LogP contribution in [0.3, 0.4) is 0 Å². The standard InChI is InChI=1S/C25H53N2O2PS2/c1-18(2)26(19(3)4)30(27(20(5)6)21(7)8)29-24(12,13)16-31-17-25(14,15)32-22(28)23(9,10)11/h18-21H,16-17H2,1-15H3. The number of thioether (sulfide) groups is 2. The molecule has 0 rings (SSSR count). The summed E-state index contributed by atoms with van der Waals surface area (Å²) < 4.78 is 12.0. The molecule has 0 N–H and O–H groups in total. The topological polar surface area (TPSA) is 32.8 Å². The monoisotopic (exact) mass is 508 g/mol. The van der Waals surface area contributed by atoms with Crippen LogP contribution in [0.4, 0.5) is 0 Å². The van der Waals surface area contributed by atoms with Crippen LogP contribution in [0.2, 0.25) is 0 Å². The number of hydrogen-bond acceptors (Lipinski definition) is 6. The highest BCUT2D eigenvalue weighted by atomic mass is 32.2. The summed E-state index contributed by atoms with van der Waals surface area (Å²) in [6.45, 7) is 32.9. The molecule has 0 spiro atoms. The zero-order valence-corrected chi connectivity index (χ0v) is 26.2. The molecule has 32 heavy (non-hydrogen) atoms. The minimum absolute atomic E-state index is 0.0976. The van der Waals surface area contributed by atoms with E-state index in [9.17, 15) is 4.79 Å². The third kappa shape index (κ3) is 11.4. The molecule has 0 aliphatic rings. The fraction of sp³-hybridized carbons (Fsp3) is 0.960. The van der Waals surface area contributed by atoms with E-state index in [1.165, 1.54) is 11.8 Å². The maximum atomic E-state index is 12.5. The van der Waals surface area contributed by atoms with Gasteiger partial charge >= 0.3 is 0 Å². The second-order valence-electron chi connectivity index (χ2n) is 12.1. The van der Waals surface area contributed by atoms with Gasteiger partial charge in [0.25, 0.3) is 0 Å². The van der Waals surface area contributed by atoms with E-state index in [1.807, 2.05) is 32.5 Å². The third-order valence-corrected chi connectivity index (χ3v) is 11.5. The van der Waals surface area contributed by atoms with E-state index in [1.54, 1.807) is 0 Å². The molecule has 0 atom stereocenters. The number of carbonyl (C=O) groups is 1. The van der Waals surface area contributed by atoms with Crippen molar-refractivity contribution in [3.05, 3.63) is 0 Å². The molecule has 192 valence electrons. The number of nitrogens with zero attached hydrogens (tertiary/aromatic N) is 2. The van der Waals surface area contributed by atoms with Crippen molar-refractivity contribution in [2.75, 3.05) is 11.5 Å². The maximum absolute atomic E-state index is 12.5. The highest BCUT2D eigenvalue weighted by molar-refractivity contribution is 8.15. The quantitative estimate of drug-likeness (QED) is 0.234. The molecule has 0 aromatic heterocycles. The molecular weight excluding hydrogens is 455 g/mol. The minimum Gasteiger partial charge on any atom is -0.324 e. The Labute approximate surface area is 210 Å². The van der Waals surface area contributed by atoms with Crippen LogP contribution in [0.25, 0.3) is 0 Å². The average molecular weight is 509 g/mol. The third-order valence-electron chi connectivity index (χ3n) is 4.72. The Bertz CT molecular complexity index is 537. The lowest BCUT2D eigenvalue weighted by Crippen LogP contribution is -2.45. The lowest BCUT2D eigenvalue weighted by molar-refractivity contribution is -0.117. The Morgan fingerprint density at radius 1 is 0.750 bits per heavy atom. The Kier molecular flexibility index (Phi) is 13.4. The number of rotatable bonds is 13. The summed E-state index contributed by atoms with van der Waals surface area (Å²) in [6.07, 6.45) is 0. The van der Waals surface area contributed by atoms with Gasteiger partial charge in [-0.15, -0.1) is 0 Å². The Morgan fingerprint density at radius 3 is 1.44 bits per heavy atom. The molecule has 0 aliphatic carbocycles. The summed E-state index contributed by atoms with van der Waals surface area (Å²) in [7, 11) is -0.913. The molecule has 0 saturated heterocycles. The van der Waals surface area contributed by atoms with Crippen molar-refractivity contribution in [1.29, 1.82) is 0 Å². The molecule has 0 bridgehead atoms. The second kappa shape index (κ2) is 13.1. The number of hydrogen-bond donors (Lipinski definition) is 0. The van der Waals surface area contributed by atoms with Gasteiger partial charge < -0.3 is 4.52 Å². The van der Waals surface area contributed by atoms with Crippen molar-refractivity contribution in [2.24, 2.45) is 5.41 Å². The molecule has 4 nitrogen and oxygen atoms in total. The van der Waals surface area contributed by atoms with Crippen LogP contribution in [0.15, 0.2) is 0 Å². The van der Waals surface area contributed by atoms with E-state index in [-0.39, 0.29) is 20.9 Å². The molecule has 0 heterocycles. The van der Waals surface area contributed by atoms with Gasteiger partial charge in [0, 0.05) is 45.8 Å². The first kappa shape index (κ1) is 32.7. The maximum Gasteiger partial charge on any atom is 0.194 e. The molecule has 0 radical (unpaired) electrons. The van der Waals surface area contributed by atoms with E-state index >= 15 is 0 Å².